The molecule has 1 aliphatic rings. The van der Waals surface area contributed by atoms with Gasteiger partial charge in [0, 0.05) is 49.6 Å². The van der Waals surface area contributed by atoms with Crippen molar-refractivity contribution in [1.29, 1.82) is 0 Å². The Kier molecular flexibility index (Phi) is 6.59. The molecule has 2 amide bonds. The van der Waals surface area contributed by atoms with E-state index in [0.717, 1.165) is 6.07 Å². The zero-order chi connectivity index (χ0) is 22.0. The van der Waals surface area contributed by atoms with E-state index in [0.29, 0.717) is 42.6 Å². The molecule has 4 rings (SSSR count). The molecule has 0 unspecified atom stereocenters. The van der Waals surface area contributed by atoms with Crippen molar-refractivity contribution in [2.45, 2.75) is 5.75 Å². The fourth-order valence-electron chi connectivity index (χ4n) is 3.29. The molecule has 2 aromatic heterocycles. The highest BCUT2D eigenvalue weighted by atomic mass is 35.5. The largest absolute Gasteiger partial charge is 0.338 e. The van der Waals surface area contributed by atoms with E-state index < -0.39 is 5.82 Å². The molecule has 0 N–H and O–H groups in total. The van der Waals surface area contributed by atoms with Gasteiger partial charge in [0.2, 0.25) is 5.91 Å². The Morgan fingerprint density at radius 3 is 2.65 bits per heavy atom. The van der Waals surface area contributed by atoms with Crippen molar-refractivity contribution in [2.24, 2.45) is 0 Å². The topological polar surface area (TPSA) is 75.0 Å². The lowest BCUT2D eigenvalue weighted by atomic mass is 10.1. The van der Waals surface area contributed by atoms with Crippen LogP contribution in [0.15, 0.2) is 40.6 Å². The quantitative estimate of drug-likeness (QED) is 0.561. The molecule has 0 radical (unpaired) electrons. The zero-order valence-electron chi connectivity index (χ0n) is 16.3. The number of nitrogens with zero attached hydrogens (tertiary/aromatic N) is 4. The number of carbonyl (C=O) groups is 2. The number of halogens is 2. The van der Waals surface area contributed by atoms with Gasteiger partial charge in [-0.2, -0.15) is 0 Å². The standard InChI is InChI=1S/C20H18ClFN4O3S2/c21-16-9-13(22)1-2-15(16)19(29)25-5-3-24(4-6-25)18(28)12-30-11-14-10-17(27)26-7-8-31-20(26)23-14/h1-2,7-10H,3-6,11-12H2. The number of hydrogen-bond donors (Lipinski definition) is 0. The number of fused-ring (bicyclic) bond motifs is 1. The van der Waals surface area contributed by atoms with E-state index in [1.165, 1.54) is 45.7 Å². The van der Waals surface area contributed by atoms with Crippen LogP contribution in [0.2, 0.25) is 5.02 Å². The fourth-order valence-corrected chi connectivity index (χ4v) is 5.09. The van der Waals surface area contributed by atoms with Crippen molar-refractivity contribution >= 4 is 51.5 Å². The van der Waals surface area contributed by atoms with E-state index in [1.807, 2.05) is 0 Å². The molecule has 1 saturated heterocycles. The molecule has 0 atom stereocenters. The van der Waals surface area contributed by atoms with E-state index >= 15 is 0 Å². The molecule has 3 heterocycles. The maximum atomic E-state index is 13.2. The van der Waals surface area contributed by atoms with Crippen LogP contribution in [0.4, 0.5) is 4.39 Å². The lowest BCUT2D eigenvalue weighted by Gasteiger charge is -2.35. The maximum absolute atomic E-state index is 13.2. The second-order valence-electron chi connectivity index (χ2n) is 6.93. The van der Waals surface area contributed by atoms with Crippen molar-refractivity contribution in [2.75, 3.05) is 31.9 Å². The summed E-state index contributed by atoms with van der Waals surface area (Å²) in [4.78, 5) is 45.6. The van der Waals surface area contributed by atoms with E-state index in [4.69, 9.17) is 11.6 Å². The van der Waals surface area contributed by atoms with Gasteiger partial charge in [0.15, 0.2) is 4.96 Å². The molecule has 162 valence electrons. The van der Waals surface area contributed by atoms with E-state index in [-0.39, 0.29) is 33.7 Å². The molecular weight excluding hydrogens is 463 g/mol. The number of amides is 2. The molecule has 1 aliphatic heterocycles. The van der Waals surface area contributed by atoms with Gasteiger partial charge in [-0.05, 0) is 18.2 Å². The third-order valence-electron chi connectivity index (χ3n) is 4.91. The molecule has 0 spiro atoms. The lowest BCUT2D eigenvalue weighted by molar-refractivity contribution is -0.129. The van der Waals surface area contributed by atoms with Crippen LogP contribution in [0.25, 0.3) is 4.96 Å². The molecule has 1 fully saturated rings. The average molecular weight is 481 g/mol. The van der Waals surface area contributed by atoms with Gasteiger partial charge in [-0.3, -0.25) is 18.8 Å². The SMILES string of the molecule is O=C(CSCc1cc(=O)n2ccsc2n1)N1CCN(C(=O)c2ccc(F)cc2Cl)CC1. The van der Waals surface area contributed by atoms with E-state index in [1.54, 1.807) is 21.4 Å². The van der Waals surface area contributed by atoms with Gasteiger partial charge in [-0.25, -0.2) is 9.37 Å². The molecule has 11 heteroatoms. The minimum Gasteiger partial charge on any atom is -0.338 e. The van der Waals surface area contributed by atoms with Crippen LogP contribution in [0.1, 0.15) is 16.1 Å². The Hall–Kier alpha value is -2.43. The Bertz CT molecular complexity index is 1190. The molecule has 0 aliphatic carbocycles. The third-order valence-corrected chi connectivity index (χ3v) is 6.93. The number of thiazole rings is 1. The van der Waals surface area contributed by atoms with Gasteiger partial charge in [0.25, 0.3) is 11.5 Å². The first-order valence-electron chi connectivity index (χ1n) is 9.48. The van der Waals surface area contributed by atoms with Gasteiger partial charge < -0.3 is 9.80 Å². The minimum absolute atomic E-state index is 0.0224. The van der Waals surface area contributed by atoms with Crippen molar-refractivity contribution in [3.8, 4) is 0 Å². The summed E-state index contributed by atoms with van der Waals surface area (Å²) in [6.45, 7) is 1.61. The Morgan fingerprint density at radius 2 is 1.90 bits per heavy atom. The van der Waals surface area contributed by atoms with Gasteiger partial charge in [0.1, 0.15) is 5.82 Å². The molecular formula is C20H18ClFN4O3S2. The smallest absolute Gasteiger partial charge is 0.258 e. The van der Waals surface area contributed by atoms with Crippen molar-refractivity contribution < 1.29 is 14.0 Å². The van der Waals surface area contributed by atoms with Gasteiger partial charge in [-0.15, -0.1) is 23.1 Å². The first-order chi connectivity index (χ1) is 14.9. The van der Waals surface area contributed by atoms with Crippen molar-refractivity contribution in [1.82, 2.24) is 19.2 Å². The van der Waals surface area contributed by atoms with Crippen LogP contribution >= 0.6 is 34.7 Å². The summed E-state index contributed by atoms with van der Waals surface area (Å²) in [5.41, 5.74) is 0.775. The zero-order valence-corrected chi connectivity index (χ0v) is 18.7. The summed E-state index contributed by atoms with van der Waals surface area (Å²) < 4.78 is 14.7. The number of hydrogen-bond acceptors (Lipinski definition) is 6. The first kappa shape index (κ1) is 21.8. The number of aromatic nitrogens is 2. The number of rotatable bonds is 5. The second-order valence-corrected chi connectivity index (χ2v) is 9.20. The van der Waals surface area contributed by atoms with Crippen molar-refractivity contribution in [3.05, 3.63) is 68.3 Å². The molecule has 0 bridgehead atoms. The summed E-state index contributed by atoms with van der Waals surface area (Å²) in [5, 5.41) is 1.88. The number of thioether (sulfide) groups is 1. The number of benzene rings is 1. The Labute approximate surface area is 190 Å². The van der Waals surface area contributed by atoms with Crippen LogP contribution in [0, 0.1) is 5.82 Å². The maximum Gasteiger partial charge on any atom is 0.258 e. The monoisotopic (exact) mass is 480 g/mol. The predicted molar refractivity (Wildman–Crippen MR) is 119 cm³/mol. The molecule has 0 saturated carbocycles. The molecule has 31 heavy (non-hydrogen) atoms. The summed E-state index contributed by atoms with van der Waals surface area (Å²) >= 11 is 8.78. The van der Waals surface area contributed by atoms with Crippen LogP contribution in [0.3, 0.4) is 0 Å². The fraction of sp³-hybridized carbons (Fsp3) is 0.300. The first-order valence-corrected chi connectivity index (χ1v) is 11.9. The summed E-state index contributed by atoms with van der Waals surface area (Å²) in [6.07, 6.45) is 1.68. The Morgan fingerprint density at radius 1 is 1.16 bits per heavy atom. The number of piperazine rings is 1. The third kappa shape index (κ3) is 4.91. The van der Waals surface area contributed by atoms with Gasteiger partial charge in [0.05, 0.1) is 22.0 Å². The highest BCUT2D eigenvalue weighted by Gasteiger charge is 2.26. The van der Waals surface area contributed by atoms with Crippen LogP contribution in [-0.2, 0) is 10.5 Å². The summed E-state index contributed by atoms with van der Waals surface area (Å²) in [7, 11) is 0. The van der Waals surface area contributed by atoms with E-state index in [9.17, 15) is 18.8 Å². The summed E-state index contributed by atoms with van der Waals surface area (Å²) in [5.74, 6) is -0.0519. The average Bonchev–Trinajstić information content (AvgIpc) is 3.23. The minimum atomic E-state index is -0.495. The highest BCUT2D eigenvalue weighted by molar-refractivity contribution is 7.99. The second kappa shape index (κ2) is 9.37. The van der Waals surface area contributed by atoms with Crippen LogP contribution in [-0.4, -0.2) is 62.9 Å². The van der Waals surface area contributed by atoms with Gasteiger partial charge >= 0.3 is 0 Å². The van der Waals surface area contributed by atoms with Gasteiger partial charge in [-0.1, -0.05) is 11.6 Å². The predicted octanol–water partition coefficient (Wildman–Crippen LogP) is 2.77. The lowest BCUT2D eigenvalue weighted by Crippen LogP contribution is -2.51. The Balaban J connectivity index is 1.27. The van der Waals surface area contributed by atoms with Crippen LogP contribution < -0.4 is 5.56 Å². The normalized spacial score (nSPS) is 14.3. The van der Waals surface area contributed by atoms with E-state index in [2.05, 4.69) is 4.98 Å². The summed E-state index contributed by atoms with van der Waals surface area (Å²) in [6, 6.07) is 5.19. The molecule has 7 nitrogen and oxygen atoms in total. The molecule has 3 aromatic rings. The highest BCUT2D eigenvalue weighted by Crippen LogP contribution is 2.20. The molecule has 1 aromatic carbocycles. The van der Waals surface area contributed by atoms with Crippen molar-refractivity contribution in [3.63, 3.8) is 0 Å². The van der Waals surface area contributed by atoms with Crippen LogP contribution in [0.5, 0.6) is 0 Å². The number of carbonyl (C=O) groups excluding carboxylic acids is 2.